The van der Waals surface area contributed by atoms with E-state index in [1.165, 1.54) is 6.42 Å². The van der Waals surface area contributed by atoms with Gasteiger partial charge in [0.15, 0.2) is 0 Å². The predicted molar refractivity (Wildman–Crippen MR) is 116 cm³/mol. The molecule has 0 unspecified atom stereocenters. The summed E-state index contributed by atoms with van der Waals surface area (Å²) in [5.41, 5.74) is 1.74. The number of nitrogens with one attached hydrogen (secondary N) is 2. The minimum absolute atomic E-state index is 0.0651. The average molecular weight is 405 g/mol. The van der Waals surface area contributed by atoms with E-state index in [-0.39, 0.29) is 30.2 Å². The molecule has 1 aliphatic carbocycles. The van der Waals surface area contributed by atoms with Crippen molar-refractivity contribution in [3.05, 3.63) is 60.2 Å². The molecule has 0 spiro atoms. The van der Waals surface area contributed by atoms with E-state index in [4.69, 9.17) is 0 Å². The number of hydrogen-bond donors (Lipinski definition) is 2. The molecule has 2 N–H and O–H groups in total. The lowest BCUT2D eigenvalue weighted by molar-refractivity contribution is -0.122. The van der Waals surface area contributed by atoms with E-state index in [1.54, 1.807) is 29.2 Å². The molecule has 0 radical (unpaired) electrons. The van der Waals surface area contributed by atoms with Gasteiger partial charge in [0.05, 0.1) is 17.2 Å². The van der Waals surface area contributed by atoms with Crippen LogP contribution in [0.5, 0.6) is 0 Å². The zero-order valence-electron chi connectivity index (χ0n) is 17.0. The van der Waals surface area contributed by atoms with Crippen LogP contribution in [0.15, 0.2) is 54.6 Å². The van der Waals surface area contributed by atoms with E-state index in [2.05, 4.69) is 10.6 Å². The van der Waals surface area contributed by atoms with Crippen molar-refractivity contribution in [3.63, 3.8) is 0 Å². The molecular weight excluding hydrogens is 378 g/mol. The SMILES string of the molecule is O=C(NC1CCCCC1)c1ccccc1NC(=O)[C@H]1CC(=O)N(c2ccccc2)C1. The van der Waals surface area contributed by atoms with Gasteiger partial charge in [0.1, 0.15) is 0 Å². The summed E-state index contributed by atoms with van der Waals surface area (Å²) in [6.45, 7) is 0.338. The molecule has 30 heavy (non-hydrogen) atoms. The summed E-state index contributed by atoms with van der Waals surface area (Å²) >= 11 is 0. The molecule has 6 heteroatoms. The molecule has 1 saturated heterocycles. The number of hydrogen-bond acceptors (Lipinski definition) is 3. The maximum Gasteiger partial charge on any atom is 0.253 e. The first-order chi connectivity index (χ1) is 14.6. The second-order valence-corrected chi connectivity index (χ2v) is 8.08. The number of nitrogens with zero attached hydrogens (tertiary/aromatic N) is 1. The molecule has 2 aliphatic rings. The van der Waals surface area contributed by atoms with Crippen molar-refractivity contribution >= 4 is 29.1 Å². The Balaban J connectivity index is 1.42. The highest BCUT2D eigenvalue weighted by Crippen LogP contribution is 2.26. The number of amides is 3. The molecule has 4 rings (SSSR count). The fourth-order valence-electron chi connectivity index (χ4n) is 4.28. The molecule has 0 aromatic heterocycles. The van der Waals surface area contributed by atoms with Crippen LogP contribution in [0.2, 0.25) is 0 Å². The van der Waals surface area contributed by atoms with Crippen LogP contribution in [-0.2, 0) is 9.59 Å². The lowest BCUT2D eigenvalue weighted by Gasteiger charge is -2.23. The molecule has 1 aliphatic heterocycles. The minimum Gasteiger partial charge on any atom is -0.349 e. The summed E-state index contributed by atoms with van der Waals surface area (Å²) in [5, 5.41) is 5.99. The summed E-state index contributed by atoms with van der Waals surface area (Å²) in [6.07, 6.45) is 5.66. The van der Waals surface area contributed by atoms with Gasteiger partial charge in [-0.25, -0.2) is 0 Å². The first kappa shape index (κ1) is 20.1. The minimum atomic E-state index is -0.452. The molecule has 2 aromatic rings. The maximum absolute atomic E-state index is 12.9. The van der Waals surface area contributed by atoms with Gasteiger partial charge >= 0.3 is 0 Å². The summed E-state index contributed by atoms with van der Waals surface area (Å²) in [6, 6.07) is 16.6. The highest BCUT2D eigenvalue weighted by Gasteiger charge is 2.35. The Kier molecular flexibility index (Phi) is 6.12. The third-order valence-corrected chi connectivity index (χ3v) is 5.93. The molecule has 1 atom stereocenters. The van der Waals surface area contributed by atoms with Gasteiger partial charge in [0.25, 0.3) is 5.91 Å². The van der Waals surface area contributed by atoms with Gasteiger partial charge in [-0.2, -0.15) is 0 Å². The van der Waals surface area contributed by atoms with Crippen LogP contribution in [-0.4, -0.2) is 30.3 Å². The van der Waals surface area contributed by atoms with Crippen LogP contribution < -0.4 is 15.5 Å². The molecule has 1 saturated carbocycles. The number of carbonyl (C=O) groups excluding carboxylic acids is 3. The van der Waals surface area contributed by atoms with Crippen LogP contribution in [0.3, 0.4) is 0 Å². The van der Waals surface area contributed by atoms with Gasteiger partial charge in [-0.15, -0.1) is 0 Å². The molecule has 6 nitrogen and oxygen atoms in total. The molecule has 156 valence electrons. The third kappa shape index (κ3) is 4.53. The van der Waals surface area contributed by atoms with Crippen LogP contribution in [0.4, 0.5) is 11.4 Å². The van der Waals surface area contributed by atoms with Crippen molar-refractivity contribution in [3.8, 4) is 0 Å². The normalized spacial score (nSPS) is 19.5. The molecule has 3 amide bonds. The number of carbonyl (C=O) groups is 3. The Labute approximate surface area is 176 Å². The lowest BCUT2D eigenvalue weighted by Crippen LogP contribution is -2.36. The van der Waals surface area contributed by atoms with Gasteiger partial charge < -0.3 is 15.5 Å². The molecule has 2 fully saturated rings. The van der Waals surface area contributed by atoms with E-state index in [1.807, 2.05) is 30.3 Å². The number of rotatable bonds is 5. The summed E-state index contributed by atoms with van der Waals surface area (Å²) in [5.74, 6) is -0.914. The van der Waals surface area contributed by atoms with E-state index >= 15 is 0 Å². The number of para-hydroxylation sites is 2. The van der Waals surface area contributed by atoms with Crippen LogP contribution >= 0.6 is 0 Å². The molecular formula is C24H27N3O3. The fourth-order valence-corrected chi connectivity index (χ4v) is 4.28. The van der Waals surface area contributed by atoms with Gasteiger partial charge in [0, 0.05) is 24.7 Å². The number of anilines is 2. The Morgan fingerprint density at radius 3 is 2.37 bits per heavy atom. The molecule has 0 bridgehead atoms. The number of benzene rings is 2. The second kappa shape index (κ2) is 9.11. The van der Waals surface area contributed by atoms with E-state index < -0.39 is 5.92 Å². The highest BCUT2D eigenvalue weighted by molar-refractivity contribution is 6.07. The van der Waals surface area contributed by atoms with Crippen molar-refractivity contribution in [2.24, 2.45) is 5.92 Å². The zero-order chi connectivity index (χ0) is 20.9. The van der Waals surface area contributed by atoms with Crippen molar-refractivity contribution in [1.82, 2.24) is 5.32 Å². The van der Waals surface area contributed by atoms with Crippen molar-refractivity contribution in [2.75, 3.05) is 16.8 Å². The van der Waals surface area contributed by atoms with Crippen molar-refractivity contribution < 1.29 is 14.4 Å². The standard InChI is InChI=1S/C24H27N3O3/c28-22-15-17(16-27(22)19-11-5-2-6-12-19)23(29)26-21-14-8-7-13-20(21)24(30)25-18-9-3-1-4-10-18/h2,5-8,11-14,17-18H,1,3-4,9-10,15-16H2,(H,25,30)(H,26,29)/t17-/m0/s1. The van der Waals surface area contributed by atoms with Crippen LogP contribution in [0.25, 0.3) is 0 Å². The molecule has 2 aromatic carbocycles. The monoisotopic (exact) mass is 405 g/mol. The topological polar surface area (TPSA) is 78.5 Å². The lowest BCUT2D eigenvalue weighted by atomic mass is 9.95. The third-order valence-electron chi connectivity index (χ3n) is 5.93. The summed E-state index contributed by atoms with van der Waals surface area (Å²) < 4.78 is 0. The molecule has 1 heterocycles. The Hall–Kier alpha value is -3.15. The van der Waals surface area contributed by atoms with Crippen LogP contribution in [0, 0.1) is 5.92 Å². The van der Waals surface area contributed by atoms with Gasteiger partial charge in [-0.05, 0) is 37.1 Å². The van der Waals surface area contributed by atoms with Crippen LogP contribution in [0.1, 0.15) is 48.9 Å². The second-order valence-electron chi connectivity index (χ2n) is 8.08. The zero-order valence-corrected chi connectivity index (χ0v) is 17.0. The quantitative estimate of drug-likeness (QED) is 0.795. The Morgan fingerprint density at radius 1 is 0.900 bits per heavy atom. The van der Waals surface area contributed by atoms with E-state index in [9.17, 15) is 14.4 Å². The smallest absolute Gasteiger partial charge is 0.253 e. The highest BCUT2D eigenvalue weighted by atomic mass is 16.2. The van der Waals surface area contributed by atoms with Gasteiger partial charge in [0.2, 0.25) is 11.8 Å². The summed E-state index contributed by atoms with van der Waals surface area (Å²) in [4.78, 5) is 39.7. The Morgan fingerprint density at radius 2 is 1.60 bits per heavy atom. The van der Waals surface area contributed by atoms with Crippen molar-refractivity contribution in [1.29, 1.82) is 0 Å². The maximum atomic E-state index is 12.9. The van der Waals surface area contributed by atoms with E-state index in [0.717, 1.165) is 31.4 Å². The largest absolute Gasteiger partial charge is 0.349 e. The van der Waals surface area contributed by atoms with Gasteiger partial charge in [-0.3, -0.25) is 14.4 Å². The van der Waals surface area contributed by atoms with Gasteiger partial charge in [-0.1, -0.05) is 49.6 Å². The fraction of sp³-hybridized carbons (Fsp3) is 0.375. The predicted octanol–water partition coefficient (Wildman–Crippen LogP) is 3.74. The van der Waals surface area contributed by atoms with Crippen molar-refractivity contribution in [2.45, 2.75) is 44.6 Å². The van der Waals surface area contributed by atoms with E-state index in [0.29, 0.717) is 17.8 Å². The Bertz CT molecular complexity index is 922. The summed E-state index contributed by atoms with van der Waals surface area (Å²) in [7, 11) is 0. The first-order valence-electron chi connectivity index (χ1n) is 10.7. The average Bonchev–Trinajstić information content (AvgIpc) is 3.17. The first-order valence-corrected chi connectivity index (χ1v) is 10.7.